The third kappa shape index (κ3) is 2.82. The number of halogens is 2. The van der Waals surface area contributed by atoms with Gasteiger partial charge < -0.3 is 5.73 Å². The smallest absolute Gasteiger partial charge is 0.246 e. The summed E-state index contributed by atoms with van der Waals surface area (Å²) < 4.78 is 40.4. The Balaban J connectivity index is 2.48. The second-order valence-electron chi connectivity index (χ2n) is 4.40. The molecule has 7 heteroatoms. The maximum atomic E-state index is 13.9. The van der Waals surface area contributed by atoms with Crippen LogP contribution in [0, 0.1) is 5.82 Å². The Kier molecular flexibility index (Phi) is 3.98. The van der Waals surface area contributed by atoms with Gasteiger partial charge in [-0.1, -0.05) is 6.08 Å². The third-order valence-corrected chi connectivity index (χ3v) is 5.52. The molecule has 1 aliphatic rings. The zero-order valence-corrected chi connectivity index (χ0v) is 12.5. The molecule has 0 spiro atoms. The van der Waals surface area contributed by atoms with Crippen LogP contribution in [0.15, 0.2) is 34.2 Å². The van der Waals surface area contributed by atoms with Crippen molar-refractivity contribution in [1.29, 1.82) is 0 Å². The van der Waals surface area contributed by atoms with Crippen LogP contribution in [-0.4, -0.2) is 25.3 Å². The van der Waals surface area contributed by atoms with Crippen molar-refractivity contribution in [3.8, 4) is 0 Å². The average molecular weight is 349 g/mol. The molecule has 0 atom stereocenters. The Morgan fingerprint density at radius 2 is 2.16 bits per heavy atom. The predicted molar refractivity (Wildman–Crippen MR) is 75.6 cm³/mol. The summed E-state index contributed by atoms with van der Waals surface area (Å²) in [5.41, 5.74) is 5.82. The number of benzene rings is 1. The molecule has 0 bridgehead atoms. The van der Waals surface area contributed by atoms with E-state index >= 15 is 0 Å². The Morgan fingerprint density at radius 3 is 2.68 bits per heavy atom. The van der Waals surface area contributed by atoms with Crippen molar-refractivity contribution in [2.24, 2.45) is 0 Å². The van der Waals surface area contributed by atoms with Crippen molar-refractivity contribution >= 4 is 31.6 Å². The zero-order chi connectivity index (χ0) is 14.2. The van der Waals surface area contributed by atoms with E-state index in [1.165, 1.54) is 10.4 Å². The fourth-order valence-electron chi connectivity index (χ4n) is 1.80. The van der Waals surface area contributed by atoms with Crippen LogP contribution in [0.2, 0.25) is 0 Å². The number of hydrogen-bond acceptors (Lipinski definition) is 3. The number of nitrogens with zero attached hydrogens (tertiary/aromatic N) is 1. The quantitative estimate of drug-likeness (QED) is 0.656. The minimum absolute atomic E-state index is 0.0627. The highest BCUT2D eigenvalue weighted by Crippen LogP contribution is 2.34. The summed E-state index contributed by atoms with van der Waals surface area (Å²) in [6.07, 6.45) is 3.08. The SMILES string of the molecule is C=CCN(C1CC1)S(=O)(=O)c1cc(N)c(Br)cc1F. The molecule has 1 fully saturated rings. The van der Waals surface area contributed by atoms with Gasteiger partial charge >= 0.3 is 0 Å². The molecule has 0 aromatic heterocycles. The van der Waals surface area contributed by atoms with Gasteiger partial charge in [0.15, 0.2) is 0 Å². The molecule has 1 saturated carbocycles. The summed E-state index contributed by atoms with van der Waals surface area (Å²) in [7, 11) is -3.88. The van der Waals surface area contributed by atoms with Crippen LogP contribution in [0.3, 0.4) is 0 Å². The predicted octanol–water partition coefficient (Wildman–Crippen LogP) is 2.51. The number of nitrogens with two attached hydrogens (primary N) is 1. The summed E-state index contributed by atoms with van der Waals surface area (Å²) in [6, 6.07) is 2.15. The molecule has 0 amide bonds. The summed E-state index contributed by atoms with van der Waals surface area (Å²) in [4.78, 5) is -0.387. The molecule has 0 unspecified atom stereocenters. The van der Waals surface area contributed by atoms with Crippen LogP contribution in [0.25, 0.3) is 0 Å². The largest absolute Gasteiger partial charge is 0.398 e. The topological polar surface area (TPSA) is 63.4 Å². The standard InChI is InChI=1S/C12H14BrFN2O2S/c1-2-5-16(8-3-4-8)19(17,18)12-7-11(15)9(13)6-10(12)14/h2,6-8H,1,3-5,15H2. The fourth-order valence-corrected chi connectivity index (χ4v) is 3.86. The monoisotopic (exact) mass is 348 g/mol. The van der Waals surface area contributed by atoms with Crippen molar-refractivity contribution in [1.82, 2.24) is 4.31 Å². The van der Waals surface area contributed by atoms with E-state index < -0.39 is 15.8 Å². The molecular formula is C12H14BrFN2O2S. The number of rotatable bonds is 5. The molecular weight excluding hydrogens is 335 g/mol. The summed E-state index contributed by atoms with van der Waals surface area (Å²) in [5, 5.41) is 0. The minimum atomic E-state index is -3.88. The van der Waals surface area contributed by atoms with Gasteiger partial charge in [0.2, 0.25) is 10.0 Å². The Bertz CT molecular complexity index is 614. The second-order valence-corrected chi connectivity index (χ2v) is 7.11. The van der Waals surface area contributed by atoms with Gasteiger partial charge in [-0.05, 0) is 40.9 Å². The van der Waals surface area contributed by atoms with E-state index in [9.17, 15) is 12.8 Å². The van der Waals surface area contributed by atoms with E-state index in [2.05, 4.69) is 22.5 Å². The van der Waals surface area contributed by atoms with Crippen LogP contribution < -0.4 is 5.73 Å². The summed E-state index contributed by atoms with van der Waals surface area (Å²) in [6.45, 7) is 3.71. The highest BCUT2D eigenvalue weighted by atomic mass is 79.9. The van der Waals surface area contributed by atoms with E-state index in [1.54, 1.807) is 0 Å². The van der Waals surface area contributed by atoms with Gasteiger partial charge in [0.1, 0.15) is 10.7 Å². The Hall–Kier alpha value is -0.920. The normalized spacial score (nSPS) is 15.7. The van der Waals surface area contributed by atoms with Gasteiger partial charge in [-0.15, -0.1) is 6.58 Å². The van der Waals surface area contributed by atoms with Crippen LogP contribution in [0.5, 0.6) is 0 Å². The first-order valence-electron chi connectivity index (χ1n) is 5.75. The lowest BCUT2D eigenvalue weighted by Gasteiger charge is -2.21. The van der Waals surface area contributed by atoms with E-state index in [1.807, 2.05) is 0 Å². The Labute approximate surface area is 120 Å². The highest BCUT2D eigenvalue weighted by molar-refractivity contribution is 9.10. The van der Waals surface area contributed by atoms with Crippen LogP contribution in [0.1, 0.15) is 12.8 Å². The van der Waals surface area contributed by atoms with Gasteiger partial charge in [-0.25, -0.2) is 12.8 Å². The van der Waals surface area contributed by atoms with Crippen molar-refractivity contribution in [3.63, 3.8) is 0 Å². The lowest BCUT2D eigenvalue weighted by molar-refractivity contribution is 0.431. The molecule has 19 heavy (non-hydrogen) atoms. The Morgan fingerprint density at radius 1 is 1.53 bits per heavy atom. The average Bonchev–Trinajstić information content (AvgIpc) is 3.14. The van der Waals surface area contributed by atoms with Crippen molar-refractivity contribution in [3.05, 3.63) is 35.1 Å². The lowest BCUT2D eigenvalue weighted by Crippen LogP contribution is -2.33. The fraction of sp³-hybridized carbons (Fsp3) is 0.333. The summed E-state index contributed by atoms with van der Waals surface area (Å²) in [5.74, 6) is -0.809. The molecule has 104 valence electrons. The number of anilines is 1. The molecule has 0 aliphatic heterocycles. The second kappa shape index (κ2) is 5.22. The molecule has 0 heterocycles. The molecule has 2 rings (SSSR count). The molecule has 4 nitrogen and oxygen atoms in total. The van der Waals surface area contributed by atoms with Gasteiger partial charge in [-0.2, -0.15) is 4.31 Å². The van der Waals surface area contributed by atoms with E-state index in [-0.39, 0.29) is 23.2 Å². The first-order valence-corrected chi connectivity index (χ1v) is 7.98. The molecule has 1 aromatic rings. The first-order chi connectivity index (χ1) is 8.87. The summed E-state index contributed by atoms with van der Waals surface area (Å²) >= 11 is 3.07. The first kappa shape index (κ1) is 14.5. The van der Waals surface area contributed by atoms with Crippen molar-refractivity contribution in [2.75, 3.05) is 12.3 Å². The highest BCUT2D eigenvalue weighted by Gasteiger charge is 2.38. The van der Waals surface area contributed by atoms with Crippen molar-refractivity contribution < 1.29 is 12.8 Å². The van der Waals surface area contributed by atoms with Gasteiger partial charge in [0.05, 0.1) is 0 Å². The number of sulfonamides is 1. The van der Waals surface area contributed by atoms with Crippen LogP contribution >= 0.6 is 15.9 Å². The van der Waals surface area contributed by atoms with Gasteiger partial charge in [0, 0.05) is 22.7 Å². The maximum Gasteiger partial charge on any atom is 0.246 e. The minimum Gasteiger partial charge on any atom is -0.398 e. The molecule has 1 aliphatic carbocycles. The zero-order valence-electron chi connectivity index (χ0n) is 10.1. The van der Waals surface area contributed by atoms with Crippen molar-refractivity contribution in [2.45, 2.75) is 23.8 Å². The van der Waals surface area contributed by atoms with Crippen LogP contribution in [-0.2, 0) is 10.0 Å². The van der Waals surface area contributed by atoms with Crippen LogP contribution in [0.4, 0.5) is 10.1 Å². The van der Waals surface area contributed by atoms with E-state index in [0.29, 0.717) is 4.47 Å². The van der Waals surface area contributed by atoms with Gasteiger partial charge in [0.25, 0.3) is 0 Å². The third-order valence-electron chi connectivity index (χ3n) is 2.90. The molecule has 0 saturated heterocycles. The number of hydrogen-bond donors (Lipinski definition) is 1. The molecule has 1 aromatic carbocycles. The maximum absolute atomic E-state index is 13.9. The van der Waals surface area contributed by atoms with E-state index in [0.717, 1.165) is 25.0 Å². The van der Waals surface area contributed by atoms with Gasteiger partial charge in [-0.3, -0.25) is 0 Å². The number of nitrogen functional groups attached to an aromatic ring is 1. The van der Waals surface area contributed by atoms with E-state index in [4.69, 9.17) is 5.73 Å². The molecule has 0 radical (unpaired) electrons. The lowest BCUT2D eigenvalue weighted by atomic mass is 10.3. The molecule has 2 N–H and O–H groups in total.